The van der Waals surface area contributed by atoms with Gasteiger partial charge in [-0.25, -0.2) is 0 Å². The Morgan fingerprint density at radius 2 is 2.17 bits per heavy atom. The van der Waals surface area contributed by atoms with Crippen LogP contribution in [-0.4, -0.2) is 36.6 Å². The summed E-state index contributed by atoms with van der Waals surface area (Å²) in [5, 5.41) is 0.783. The van der Waals surface area contributed by atoms with E-state index in [9.17, 15) is 4.79 Å². The summed E-state index contributed by atoms with van der Waals surface area (Å²) in [6, 6.07) is 7.36. The first kappa shape index (κ1) is 15.2. The monoisotopic (exact) mass is 287 g/mol. The lowest BCUT2D eigenvalue weighted by Crippen LogP contribution is -2.16. The number of thioether (sulfide) groups is 1. The number of amides is 1. The van der Waals surface area contributed by atoms with Crippen LogP contribution in [0.15, 0.2) is 24.3 Å². The summed E-state index contributed by atoms with van der Waals surface area (Å²) in [6.07, 6.45) is 1.89. The van der Waals surface area contributed by atoms with E-state index in [1.165, 1.54) is 11.8 Å². The minimum absolute atomic E-state index is 0.103. The lowest BCUT2D eigenvalue weighted by molar-refractivity contribution is 0.241. The summed E-state index contributed by atoms with van der Waals surface area (Å²) in [4.78, 5) is 12.9. The van der Waals surface area contributed by atoms with Crippen molar-refractivity contribution in [2.24, 2.45) is 0 Å². The van der Waals surface area contributed by atoms with Crippen LogP contribution in [0.4, 0.5) is 4.79 Å². The molecule has 1 aromatic carbocycles. The van der Waals surface area contributed by atoms with Gasteiger partial charge in [0, 0.05) is 24.9 Å². The van der Waals surface area contributed by atoms with Crippen LogP contribution >= 0.6 is 23.4 Å². The van der Waals surface area contributed by atoms with Gasteiger partial charge in [-0.15, -0.1) is 0 Å². The fourth-order valence-corrected chi connectivity index (χ4v) is 2.20. The largest absolute Gasteiger partial charge is 0.494 e. The molecule has 0 aliphatic carbocycles. The highest BCUT2D eigenvalue weighted by molar-refractivity contribution is 8.13. The molecule has 0 aromatic heterocycles. The molecule has 1 amide bonds. The van der Waals surface area contributed by atoms with Crippen molar-refractivity contribution in [3.63, 3.8) is 0 Å². The van der Waals surface area contributed by atoms with E-state index in [-0.39, 0.29) is 5.24 Å². The molecule has 100 valence electrons. The fraction of sp³-hybridized carbons (Fsp3) is 0.462. The number of carbonyl (C=O) groups is 1. The van der Waals surface area contributed by atoms with Crippen LogP contribution < -0.4 is 4.74 Å². The van der Waals surface area contributed by atoms with E-state index in [0.29, 0.717) is 11.6 Å². The maximum absolute atomic E-state index is 11.3. The van der Waals surface area contributed by atoms with Gasteiger partial charge in [0.25, 0.3) is 5.24 Å². The molecule has 5 heteroatoms. The number of benzene rings is 1. The van der Waals surface area contributed by atoms with Gasteiger partial charge in [-0.05, 0) is 31.0 Å². The molecule has 0 N–H and O–H groups in total. The molecule has 0 saturated carbocycles. The van der Waals surface area contributed by atoms with Gasteiger partial charge in [-0.3, -0.25) is 4.79 Å². The number of halogens is 1. The van der Waals surface area contributed by atoms with Crippen molar-refractivity contribution >= 4 is 28.6 Å². The van der Waals surface area contributed by atoms with Crippen LogP contribution in [-0.2, 0) is 0 Å². The minimum atomic E-state index is 0.103. The molecule has 0 atom stereocenters. The Morgan fingerprint density at radius 1 is 1.39 bits per heavy atom. The van der Waals surface area contributed by atoms with Crippen LogP contribution in [0.1, 0.15) is 12.8 Å². The van der Waals surface area contributed by atoms with E-state index in [1.54, 1.807) is 25.1 Å². The van der Waals surface area contributed by atoms with Crippen molar-refractivity contribution in [2.45, 2.75) is 12.8 Å². The first-order chi connectivity index (χ1) is 8.59. The number of hydrogen-bond acceptors (Lipinski definition) is 3. The van der Waals surface area contributed by atoms with Crippen LogP contribution in [0.3, 0.4) is 0 Å². The molecular weight excluding hydrogens is 270 g/mol. The van der Waals surface area contributed by atoms with E-state index >= 15 is 0 Å². The van der Waals surface area contributed by atoms with Crippen LogP contribution in [0.2, 0.25) is 5.02 Å². The predicted octanol–water partition coefficient (Wildman–Crippen LogP) is 3.91. The quantitative estimate of drug-likeness (QED) is 0.743. The Kier molecular flexibility index (Phi) is 6.98. The van der Waals surface area contributed by atoms with E-state index in [0.717, 1.165) is 24.3 Å². The highest BCUT2D eigenvalue weighted by Gasteiger charge is 2.03. The molecule has 0 heterocycles. The Labute approximate surface area is 117 Å². The molecule has 1 rings (SSSR count). The molecular formula is C13H18ClNO2S. The number of carbonyl (C=O) groups excluding carboxylic acids is 1. The standard InChI is InChI=1S/C13H18ClNO2S/c1-15(2)13(16)18-9-4-3-8-17-12-7-5-6-11(14)10-12/h5-7,10H,3-4,8-9H2,1-2H3. The Morgan fingerprint density at radius 3 is 2.83 bits per heavy atom. The van der Waals surface area contributed by atoms with Gasteiger partial charge >= 0.3 is 0 Å². The van der Waals surface area contributed by atoms with Gasteiger partial charge in [-0.1, -0.05) is 29.4 Å². The van der Waals surface area contributed by atoms with Gasteiger partial charge in [-0.2, -0.15) is 0 Å². The second-order valence-electron chi connectivity index (χ2n) is 4.02. The SMILES string of the molecule is CN(C)C(=O)SCCCCOc1cccc(Cl)c1. The zero-order chi connectivity index (χ0) is 13.4. The molecule has 0 aliphatic heterocycles. The number of nitrogens with zero attached hydrogens (tertiary/aromatic N) is 1. The summed E-state index contributed by atoms with van der Waals surface area (Å²) in [5.74, 6) is 1.62. The van der Waals surface area contributed by atoms with Gasteiger partial charge in [0.1, 0.15) is 5.75 Å². The van der Waals surface area contributed by atoms with Crippen LogP contribution in [0, 0.1) is 0 Å². The highest BCUT2D eigenvalue weighted by Crippen LogP contribution is 2.17. The molecule has 3 nitrogen and oxygen atoms in total. The van der Waals surface area contributed by atoms with E-state index in [4.69, 9.17) is 16.3 Å². The zero-order valence-corrected chi connectivity index (χ0v) is 12.3. The smallest absolute Gasteiger partial charge is 0.281 e. The molecule has 0 radical (unpaired) electrons. The van der Waals surface area contributed by atoms with Crippen LogP contribution in [0.5, 0.6) is 5.75 Å². The molecule has 0 bridgehead atoms. The van der Waals surface area contributed by atoms with Gasteiger partial charge in [0.15, 0.2) is 0 Å². The normalized spacial score (nSPS) is 10.2. The summed E-state index contributed by atoms with van der Waals surface area (Å²) >= 11 is 7.19. The van der Waals surface area contributed by atoms with Crippen molar-refractivity contribution in [1.29, 1.82) is 0 Å². The molecule has 18 heavy (non-hydrogen) atoms. The van der Waals surface area contributed by atoms with E-state index in [1.807, 2.05) is 18.2 Å². The third-order valence-corrected chi connectivity index (χ3v) is 3.53. The fourth-order valence-electron chi connectivity index (χ4n) is 1.24. The first-order valence-corrected chi connectivity index (χ1v) is 7.18. The molecule has 0 saturated heterocycles. The van der Waals surface area contributed by atoms with Crippen molar-refractivity contribution in [2.75, 3.05) is 26.5 Å². The molecule has 0 spiro atoms. The van der Waals surface area contributed by atoms with Gasteiger partial charge in [0.2, 0.25) is 0 Å². The Balaban J connectivity index is 2.07. The Bertz CT molecular complexity index is 385. The maximum atomic E-state index is 11.3. The maximum Gasteiger partial charge on any atom is 0.281 e. The number of unbranched alkanes of at least 4 members (excludes halogenated alkanes) is 1. The van der Waals surface area contributed by atoms with Gasteiger partial charge < -0.3 is 9.64 Å². The number of rotatable bonds is 6. The second kappa shape index (κ2) is 8.27. The summed E-state index contributed by atoms with van der Waals surface area (Å²) in [6.45, 7) is 0.650. The van der Waals surface area contributed by atoms with E-state index in [2.05, 4.69) is 0 Å². The average molecular weight is 288 g/mol. The summed E-state index contributed by atoms with van der Waals surface area (Å²) in [5.41, 5.74) is 0. The molecule has 0 unspecified atom stereocenters. The second-order valence-corrected chi connectivity index (χ2v) is 5.50. The lowest BCUT2D eigenvalue weighted by Gasteiger charge is -2.09. The highest BCUT2D eigenvalue weighted by atomic mass is 35.5. The zero-order valence-electron chi connectivity index (χ0n) is 10.7. The van der Waals surface area contributed by atoms with Crippen molar-refractivity contribution < 1.29 is 9.53 Å². The van der Waals surface area contributed by atoms with Crippen molar-refractivity contribution in [3.05, 3.63) is 29.3 Å². The topological polar surface area (TPSA) is 29.5 Å². The van der Waals surface area contributed by atoms with E-state index < -0.39 is 0 Å². The molecule has 0 fully saturated rings. The molecule has 0 aliphatic rings. The minimum Gasteiger partial charge on any atom is -0.494 e. The third kappa shape index (κ3) is 6.17. The third-order valence-electron chi connectivity index (χ3n) is 2.19. The van der Waals surface area contributed by atoms with Gasteiger partial charge in [0.05, 0.1) is 6.61 Å². The lowest BCUT2D eigenvalue weighted by atomic mass is 10.3. The average Bonchev–Trinajstić information content (AvgIpc) is 2.33. The molecule has 1 aromatic rings. The van der Waals surface area contributed by atoms with Crippen molar-refractivity contribution in [1.82, 2.24) is 4.90 Å². The summed E-state index contributed by atoms with van der Waals surface area (Å²) < 4.78 is 5.55. The number of ether oxygens (including phenoxy) is 1. The Hall–Kier alpha value is -0.870. The number of hydrogen-bond donors (Lipinski definition) is 0. The summed E-state index contributed by atoms with van der Waals surface area (Å²) in [7, 11) is 3.52. The predicted molar refractivity (Wildman–Crippen MR) is 77.7 cm³/mol. The first-order valence-electron chi connectivity index (χ1n) is 5.82. The van der Waals surface area contributed by atoms with Crippen molar-refractivity contribution in [3.8, 4) is 5.75 Å². The van der Waals surface area contributed by atoms with Crippen LogP contribution in [0.25, 0.3) is 0 Å².